The molecular weight excluding hydrogens is 339 g/mol. The quantitative estimate of drug-likeness (QED) is 0.788. The molecule has 1 saturated carbocycles. The first-order valence-corrected chi connectivity index (χ1v) is 8.12. The third-order valence-corrected chi connectivity index (χ3v) is 5.14. The van der Waals surface area contributed by atoms with Crippen LogP contribution >= 0.6 is 24.8 Å². The van der Waals surface area contributed by atoms with Crippen molar-refractivity contribution in [3.63, 3.8) is 0 Å². The van der Waals surface area contributed by atoms with Gasteiger partial charge in [0.2, 0.25) is 11.8 Å². The van der Waals surface area contributed by atoms with Gasteiger partial charge in [-0.2, -0.15) is 0 Å². The van der Waals surface area contributed by atoms with Crippen LogP contribution in [0.15, 0.2) is 0 Å². The average molecular weight is 367 g/mol. The summed E-state index contributed by atoms with van der Waals surface area (Å²) in [5.74, 6) is 0.338. The van der Waals surface area contributed by atoms with Gasteiger partial charge >= 0.3 is 0 Å². The largest absolute Gasteiger partial charge is 0.341 e. The Bertz CT molecular complexity index is 431. The Kier molecular flexibility index (Phi) is 7.13. The fraction of sp³-hybridized carbons (Fsp3) is 0.867. The molecule has 3 fully saturated rings. The molecule has 6 nitrogen and oxygen atoms in total. The summed E-state index contributed by atoms with van der Waals surface area (Å²) in [5, 5.41) is 0. The van der Waals surface area contributed by atoms with Gasteiger partial charge in [0.05, 0.1) is 11.6 Å². The molecule has 134 valence electrons. The Hall–Kier alpha value is -0.560. The number of hydrogen-bond acceptors (Lipinski definition) is 4. The summed E-state index contributed by atoms with van der Waals surface area (Å²) in [6.07, 6.45) is 3.88. The molecule has 2 aliphatic heterocycles. The van der Waals surface area contributed by atoms with E-state index in [0.717, 1.165) is 51.9 Å². The number of piperazine rings is 1. The molecule has 3 rings (SSSR count). The number of halogens is 2. The third-order valence-electron chi connectivity index (χ3n) is 5.14. The van der Waals surface area contributed by atoms with E-state index in [9.17, 15) is 9.59 Å². The minimum Gasteiger partial charge on any atom is -0.341 e. The van der Waals surface area contributed by atoms with Crippen molar-refractivity contribution in [3.05, 3.63) is 0 Å². The van der Waals surface area contributed by atoms with Gasteiger partial charge in [-0.15, -0.1) is 24.8 Å². The Morgan fingerprint density at radius 3 is 1.91 bits per heavy atom. The molecule has 23 heavy (non-hydrogen) atoms. The number of amides is 2. The van der Waals surface area contributed by atoms with E-state index in [1.165, 1.54) is 0 Å². The zero-order valence-electron chi connectivity index (χ0n) is 13.7. The summed E-state index contributed by atoms with van der Waals surface area (Å²) >= 11 is 0. The van der Waals surface area contributed by atoms with Gasteiger partial charge in [-0.25, -0.2) is 0 Å². The maximum Gasteiger partial charge on any atom is 0.242 e. The predicted octanol–water partition coefficient (Wildman–Crippen LogP) is 0.476. The molecule has 3 aliphatic rings. The van der Waals surface area contributed by atoms with Crippen LogP contribution in [0.5, 0.6) is 0 Å². The van der Waals surface area contributed by atoms with Gasteiger partial charge in [0.25, 0.3) is 0 Å². The van der Waals surface area contributed by atoms with Crippen LogP contribution in [0.1, 0.15) is 32.6 Å². The highest BCUT2D eigenvalue weighted by molar-refractivity contribution is 5.89. The van der Waals surface area contributed by atoms with Crippen molar-refractivity contribution in [2.45, 2.75) is 44.2 Å². The van der Waals surface area contributed by atoms with Crippen LogP contribution in [0.4, 0.5) is 0 Å². The third kappa shape index (κ3) is 4.29. The molecule has 0 aromatic heterocycles. The first kappa shape index (κ1) is 20.5. The zero-order chi connectivity index (χ0) is 15.0. The minimum atomic E-state index is -0.570. The minimum absolute atomic E-state index is 0. The van der Waals surface area contributed by atoms with E-state index in [2.05, 4.69) is 4.90 Å². The van der Waals surface area contributed by atoms with Crippen molar-refractivity contribution < 1.29 is 9.59 Å². The van der Waals surface area contributed by atoms with Crippen LogP contribution in [-0.4, -0.2) is 77.4 Å². The van der Waals surface area contributed by atoms with Crippen LogP contribution in [0.2, 0.25) is 0 Å². The molecule has 1 aliphatic carbocycles. The lowest BCUT2D eigenvalue weighted by molar-refractivity contribution is -0.139. The second kappa shape index (κ2) is 8.01. The second-order valence-electron chi connectivity index (χ2n) is 6.69. The Balaban J connectivity index is 0.00000132. The number of nitrogens with two attached hydrogens (primary N) is 1. The van der Waals surface area contributed by atoms with E-state index in [-0.39, 0.29) is 42.7 Å². The molecule has 1 unspecified atom stereocenters. The number of nitrogens with zero attached hydrogens (tertiary/aromatic N) is 3. The monoisotopic (exact) mass is 366 g/mol. The molecule has 8 heteroatoms. The number of likely N-dealkylation sites (tertiary alicyclic amines) is 1. The maximum absolute atomic E-state index is 12.4. The topological polar surface area (TPSA) is 69.9 Å². The van der Waals surface area contributed by atoms with Crippen LogP contribution in [0, 0.1) is 0 Å². The molecule has 0 bridgehead atoms. The molecule has 0 radical (unpaired) electrons. The molecular formula is C15H28Cl2N4O2. The van der Waals surface area contributed by atoms with E-state index >= 15 is 0 Å². The van der Waals surface area contributed by atoms with Gasteiger partial charge in [0.1, 0.15) is 0 Å². The fourth-order valence-electron chi connectivity index (χ4n) is 3.33. The number of carbonyl (C=O) groups is 2. The standard InChI is InChI=1S/C15H26N4O2.2ClH/c1-12(13(20)18-6-2-3-7-18)17-8-10-19(11-9-17)14(21)15(16)4-5-15;;/h12H,2-11,16H2,1H3;2*1H. The number of hydrogen-bond donors (Lipinski definition) is 1. The first-order chi connectivity index (χ1) is 10.0. The van der Waals surface area contributed by atoms with Gasteiger partial charge in [-0.05, 0) is 32.6 Å². The predicted molar refractivity (Wildman–Crippen MR) is 94.1 cm³/mol. The van der Waals surface area contributed by atoms with Crippen LogP contribution < -0.4 is 5.73 Å². The number of carbonyl (C=O) groups excluding carboxylic acids is 2. The van der Waals surface area contributed by atoms with Gasteiger partial charge in [0.15, 0.2) is 0 Å². The highest BCUT2D eigenvalue weighted by Gasteiger charge is 2.48. The average Bonchev–Trinajstić information content (AvgIpc) is 3.05. The molecule has 2 saturated heterocycles. The number of rotatable bonds is 3. The van der Waals surface area contributed by atoms with E-state index in [4.69, 9.17) is 5.73 Å². The molecule has 2 amide bonds. The molecule has 0 aromatic rings. The summed E-state index contributed by atoms with van der Waals surface area (Å²) < 4.78 is 0. The summed E-state index contributed by atoms with van der Waals surface area (Å²) in [7, 11) is 0. The molecule has 2 N–H and O–H groups in total. The Morgan fingerprint density at radius 2 is 1.43 bits per heavy atom. The lowest BCUT2D eigenvalue weighted by Gasteiger charge is -2.39. The summed E-state index contributed by atoms with van der Waals surface area (Å²) in [6.45, 7) is 6.70. The Labute approximate surface area is 150 Å². The smallest absolute Gasteiger partial charge is 0.242 e. The van der Waals surface area contributed by atoms with E-state index in [0.29, 0.717) is 13.1 Å². The fourth-order valence-corrected chi connectivity index (χ4v) is 3.33. The normalized spacial score (nSPS) is 24.4. The molecule has 0 spiro atoms. The van der Waals surface area contributed by atoms with Crippen LogP contribution in [0.25, 0.3) is 0 Å². The van der Waals surface area contributed by atoms with Crippen molar-refractivity contribution >= 4 is 36.6 Å². The molecule has 0 aromatic carbocycles. The van der Waals surface area contributed by atoms with Crippen LogP contribution in [0.3, 0.4) is 0 Å². The summed E-state index contributed by atoms with van der Waals surface area (Å²) in [5.41, 5.74) is 5.41. The van der Waals surface area contributed by atoms with E-state index < -0.39 is 5.54 Å². The zero-order valence-corrected chi connectivity index (χ0v) is 15.3. The lowest BCUT2D eigenvalue weighted by Crippen LogP contribution is -2.57. The summed E-state index contributed by atoms with van der Waals surface area (Å²) in [4.78, 5) is 30.7. The lowest BCUT2D eigenvalue weighted by atomic mass is 10.1. The van der Waals surface area contributed by atoms with E-state index in [1.807, 2.05) is 16.7 Å². The van der Waals surface area contributed by atoms with Crippen molar-refractivity contribution in [1.82, 2.24) is 14.7 Å². The van der Waals surface area contributed by atoms with Gasteiger partial charge < -0.3 is 15.5 Å². The highest BCUT2D eigenvalue weighted by atomic mass is 35.5. The SMILES string of the molecule is CC(C(=O)N1CCCC1)N1CCN(C(=O)C2(N)CC2)CC1.Cl.Cl. The van der Waals surface area contributed by atoms with Crippen molar-refractivity contribution in [2.24, 2.45) is 5.73 Å². The van der Waals surface area contributed by atoms with Gasteiger partial charge in [0, 0.05) is 39.3 Å². The van der Waals surface area contributed by atoms with E-state index in [1.54, 1.807) is 0 Å². The second-order valence-corrected chi connectivity index (χ2v) is 6.69. The van der Waals surface area contributed by atoms with Gasteiger partial charge in [-0.1, -0.05) is 0 Å². The Morgan fingerprint density at radius 1 is 0.913 bits per heavy atom. The van der Waals surface area contributed by atoms with Crippen molar-refractivity contribution in [1.29, 1.82) is 0 Å². The first-order valence-electron chi connectivity index (χ1n) is 8.12. The summed E-state index contributed by atoms with van der Waals surface area (Å²) in [6, 6.07) is -0.0758. The molecule has 2 heterocycles. The highest BCUT2D eigenvalue weighted by Crippen LogP contribution is 2.34. The van der Waals surface area contributed by atoms with Crippen molar-refractivity contribution in [2.75, 3.05) is 39.3 Å². The van der Waals surface area contributed by atoms with Crippen LogP contribution in [-0.2, 0) is 9.59 Å². The molecule has 1 atom stereocenters. The van der Waals surface area contributed by atoms with Crippen molar-refractivity contribution in [3.8, 4) is 0 Å². The van der Waals surface area contributed by atoms with Gasteiger partial charge in [-0.3, -0.25) is 14.5 Å². The maximum atomic E-state index is 12.4.